The quantitative estimate of drug-likeness (QED) is 0.255. The monoisotopic (exact) mass is 474 g/mol. The average Bonchev–Trinajstić information content (AvgIpc) is 3.36. The lowest BCUT2D eigenvalue weighted by Gasteiger charge is -2.09. The van der Waals surface area contributed by atoms with E-state index in [4.69, 9.17) is 14.4 Å². The third-order valence-electron chi connectivity index (χ3n) is 6.71. The molecule has 2 heterocycles. The molecule has 7 rings (SSSR count). The molecular weight excluding hydrogens is 452 g/mol. The van der Waals surface area contributed by atoms with Gasteiger partial charge in [-0.25, -0.2) is 9.97 Å². The molecule has 0 saturated carbocycles. The summed E-state index contributed by atoms with van der Waals surface area (Å²) in [4.78, 5) is 10.0. The zero-order chi connectivity index (χ0) is 24.6. The first kappa shape index (κ1) is 21.3. The van der Waals surface area contributed by atoms with Gasteiger partial charge in [0.05, 0.1) is 0 Å². The topological polar surface area (TPSA) is 38.9 Å². The van der Waals surface area contributed by atoms with Crippen molar-refractivity contribution in [2.24, 2.45) is 0 Å². The van der Waals surface area contributed by atoms with Crippen molar-refractivity contribution in [3.05, 3.63) is 133 Å². The van der Waals surface area contributed by atoms with Crippen LogP contribution in [0.15, 0.2) is 138 Å². The fourth-order valence-corrected chi connectivity index (χ4v) is 4.84. The Bertz CT molecular complexity index is 1850. The Morgan fingerprint density at radius 3 is 1.76 bits per heavy atom. The molecule has 0 saturated heterocycles. The molecule has 0 fully saturated rings. The normalized spacial score (nSPS) is 11.2. The van der Waals surface area contributed by atoms with Gasteiger partial charge in [-0.15, -0.1) is 0 Å². The smallest absolute Gasteiger partial charge is 0.180 e. The van der Waals surface area contributed by atoms with Crippen molar-refractivity contribution in [2.45, 2.75) is 0 Å². The molecule has 3 heteroatoms. The van der Waals surface area contributed by atoms with E-state index in [1.807, 2.05) is 42.5 Å². The first-order valence-corrected chi connectivity index (χ1v) is 12.3. The Balaban J connectivity index is 1.35. The van der Waals surface area contributed by atoms with E-state index in [0.29, 0.717) is 11.4 Å². The largest absolute Gasteiger partial charge is 0.452 e. The molecule has 7 aromatic rings. The first-order valence-electron chi connectivity index (χ1n) is 12.3. The number of fused-ring (bicyclic) bond motifs is 3. The lowest BCUT2D eigenvalue weighted by molar-refractivity contribution is 0.667. The number of hydrogen-bond donors (Lipinski definition) is 0. The third kappa shape index (κ3) is 3.87. The highest BCUT2D eigenvalue weighted by atomic mass is 16.3. The van der Waals surface area contributed by atoms with Crippen LogP contribution in [0.25, 0.3) is 67.0 Å². The van der Waals surface area contributed by atoms with Crippen LogP contribution in [-0.2, 0) is 0 Å². The van der Waals surface area contributed by atoms with Crippen LogP contribution in [0.2, 0.25) is 0 Å². The van der Waals surface area contributed by atoms with Crippen molar-refractivity contribution < 1.29 is 4.42 Å². The van der Waals surface area contributed by atoms with Gasteiger partial charge >= 0.3 is 0 Å². The van der Waals surface area contributed by atoms with E-state index in [2.05, 4.69) is 91.0 Å². The SMILES string of the molecule is c1ccc(-c2ccc(-c3cccc(-c4nc(-c5ccccc5)c5oc6ccccc6c5n4)c3)cc2)cc1. The highest BCUT2D eigenvalue weighted by Gasteiger charge is 2.18. The maximum absolute atomic E-state index is 6.24. The second-order valence-corrected chi connectivity index (χ2v) is 9.06. The summed E-state index contributed by atoms with van der Waals surface area (Å²) in [7, 11) is 0. The second-order valence-electron chi connectivity index (χ2n) is 9.06. The van der Waals surface area contributed by atoms with E-state index in [0.717, 1.165) is 44.4 Å². The van der Waals surface area contributed by atoms with Crippen LogP contribution in [0.4, 0.5) is 0 Å². The third-order valence-corrected chi connectivity index (χ3v) is 6.71. The van der Waals surface area contributed by atoms with E-state index in [-0.39, 0.29) is 0 Å². The van der Waals surface area contributed by atoms with E-state index in [9.17, 15) is 0 Å². The van der Waals surface area contributed by atoms with Gasteiger partial charge < -0.3 is 4.42 Å². The molecule has 0 atom stereocenters. The Morgan fingerprint density at radius 1 is 0.432 bits per heavy atom. The molecular formula is C34H22N2O. The van der Waals surface area contributed by atoms with Gasteiger partial charge in [0, 0.05) is 16.5 Å². The molecule has 0 aliphatic heterocycles. The van der Waals surface area contributed by atoms with E-state index in [1.54, 1.807) is 0 Å². The molecule has 0 spiro atoms. The van der Waals surface area contributed by atoms with Crippen molar-refractivity contribution in [3.63, 3.8) is 0 Å². The number of aromatic nitrogens is 2. The van der Waals surface area contributed by atoms with E-state index < -0.39 is 0 Å². The van der Waals surface area contributed by atoms with E-state index in [1.165, 1.54) is 11.1 Å². The average molecular weight is 475 g/mol. The summed E-state index contributed by atoms with van der Waals surface area (Å²) in [5.74, 6) is 0.681. The Morgan fingerprint density at radius 2 is 1.00 bits per heavy atom. The van der Waals surface area contributed by atoms with Gasteiger partial charge in [-0.3, -0.25) is 0 Å². The summed E-state index contributed by atoms with van der Waals surface area (Å²) < 4.78 is 6.24. The minimum atomic E-state index is 0.681. The fraction of sp³-hybridized carbons (Fsp3) is 0. The summed E-state index contributed by atoms with van der Waals surface area (Å²) >= 11 is 0. The number of nitrogens with zero attached hydrogens (tertiary/aromatic N) is 2. The molecule has 0 aliphatic rings. The van der Waals surface area contributed by atoms with Crippen molar-refractivity contribution in [1.29, 1.82) is 0 Å². The number of rotatable bonds is 4. The predicted octanol–water partition coefficient (Wildman–Crippen LogP) is 9.04. The zero-order valence-corrected chi connectivity index (χ0v) is 20.0. The Kier molecular flexibility index (Phi) is 5.11. The summed E-state index contributed by atoms with van der Waals surface area (Å²) in [5.41, 5.74) is 9.82. The van der Waals surface area contributed by atoms with Crippen LogP contribution in [0.1, 0.15) is 0 Å². The van der Waals surface area contributed by atoms with Gasteiger partial charge in [-0.2, -0.15) is 0 Å². The number of benzene rings is 5. The summed E-state index contributed by atoms with van der Waals surface area (Å²) in [6, 6.07) is 45.7. The lowest BCUT2D eigenvalue weighted by Crippen LogP contribution is -1.94. The lowest BCUT2D eigenvalue weighted by atomic mass is 9.99. The van der Waals surface area contributed by atoms with Crippen LogP contribution in [0.3, 0.4) is 0 Å². The van der Waals surface area contributed by atoms with Crippen LogP contribution < -0.4 is 0 Å². The Hall–Kier alpha value is -5.02. The highest BCUT2D eigenvalue weighted by molar-refractivity contribution is 6.07. The molecule has 5 aromatic carbocycles. The Labute approximate surface area is 214 Å². The van der Waals surface area contributed by atoms with Gasteiger partial charge in [-0.05, 0) is 40.5 Å². The molecule has 0 N–H and O–H groups in total. The molecule has 0 bridgehead atoms. The van der Waals surface area contributed by atoms with Crippen molar-refractivity contribution in [1.82, 2.24) is 9.97 Å². The molecule has 0 radical (unpaired) electrons. The summed E-state index contributed by atoms with van der Waals surface area (Å²) in [5, 5.41) is 0.992. The van der Waals surface area contributed by atoms with Gasteiger partial charge in [0.25, 0.3) is 0 Å². The van der Waals surface area contributed by atoms with Gasteiger partial charge in [0.1, 0.15) is 16.8 Å². The zero-order valence-electron chi connectivity index (χ0n) is 20.0. The van der Waals surface area contributed by atoms with Crippen LogP contribution >= 0.6 is 0 Å². The molecule has 3 nitrogen and oxygen atoms in total. The van der Waals surface area contributed by atoms with Crippen LogP contribution in [-0.4, -0.2) is 9.97 Å². The minimum Gasteiger partial charge on any atom is -0.452 e. The molecule has 0 unspecified atom stereocenters. The summed E-state index contributed by atoms with van der Waals surface area (Å²) in [6.07, 6.45) is 0. The molecule has 0 aliphatic carbocycles. The van der Waals surface area contributed by atoms with Crippen molar-refractivity contribution in [2.75, 3.05) is 0 Å². The second kappa shape index (κ2) is 8.89. The maximum atomic E-state index is 6.24. The van der Waals surface area contributed by atoms with Crippen molar-refractivity contribution in [3.8, 4) is 44.9 Å². The number of furan rings is 1. The molecule has 174 valence electrons. The predicted molar refractivity (Wildman–Crippen MR) is 151 cm³/mol. The van der Waals surface area contributed by atoms with Gasteiger partial charge in [-0.1, -0.05) is 115 Å². The van der Waals surface area contributed by atoms with Crippen LogP contribution in [0, 0.1) is 0 Å². The standard InChI is InChI=1S/C34H22N2O/c1-3-10-23(11-4-1)24-18-20-25(21-19-24)27-14-9-15-28(22-27)34-35-31(26-12-5-2-6-13-26)33-32(36-34)29-16-7-8-17-30(29)37-33/h1-22H. The number of hydrogen-bond acceptors (Lipinski definition) is 3. The minimum absolute atomic E-state index is 0.681. The fourth-order valence-electron chi connectivity index (χ4n) is 4.84. The summed E-state index contributed by atoms with van der Waals surface area (Å²) in [6.45, 7) is 0. The molecule has 0 amide bonds. The van der Waals surface area contributed by atoms with E-state index >= 15 is 0 Å². The van der Waals surface area contributed by atoms with Crippen molar-refractivity contribution >= 4 is 22.1 Å². The first-order chi connectivity index (χ1) is 18.3. The van der Waals surface area contributed by atoms with Gasteiger partial charge in [0.15, 0.2) is 11.4 Å². The molecule has 37 heavy (non-hydrogen) atoms. The number of para-hydroxylation sites is 1. The van der Waals surface area contributed by atoms with Crippen LogP contribution in [0.5, 0.6) is 0 Å². The van der Waals surface area contributed by atoms with Gasteiger partial charge in [0.2, 0.25) is 0 Å². The maximum Gasteiger partial charge on any atom is 0.180 e. The highest BCUT2D eigenvalue weighted by Crippen LogP contribution is 2.36. The molecule has 2 aromatic heterocycles.